The third-order valence-electron chi connectivity index (χ3n) is 3.30. The molecule has 4 nitrogen and oxygen atoms in total. The van der Waals surface area contributed by atoms with Crippen molar-refractivity contribution >= 4 is 0 Å². The molecular formula is C18H24N2O2. The van der Waals surface area contributed by atoms with E-state index in [1.807, 2.05) is 55.6 Å². The van der Waals surface area contributed by atoms with E-state index in [9.17, 15) is 0 Å². The summed E-state index contributed by atoms with van der Waals surface area (Å²) in [7, 11) is 2.10. The van der Waals surface area contributed by atoms with Crippen molar-refractivity contribution in [2.75, 3.05) is 33.4 Å². The van der Waals surface area contributed by atoms with E-state index >= 15 is 0 Å². The zero-order chi connectivity index (χ0) is 15.6. The number of hydrogen-bond donors (Lipinski definition) is 0. The predicted molar refractivity (Wildman–Crippen MR) is 88.5 cm³/mol. The lowest BCUT2D eigenvalue weighted by molar-refractivity contribution is 0.217. The van der Waals surface area contributed by atoms with E-state index in [2.05, 4.69) is 16.9 Å². The zero-order valence-electron chi connectivity index (χ0n) is 13.4. The summed E-state index contributed by atoms with van der Waals surface area (Å²) in [6.45, 7) is 5.27. The second kappa shape index (κ2) is 9.05. The van der Waals surface area contributed by atoms with Crippen LogP contribution in [-0.4, -0.2) is 43.2 Å². The second-order valence-corrected chi connectivity index (χ2v) is 5.34. The van der Waals surface area contributed by atoms with Gasteiger partial charge in [0.15, 0.2) is 0 Å². The van der Waals surface area contributed by atoms with E-state index in [1.54, 1.807) is 0 Å². The van der Waals surface area contributed by atoms with Crippen molar-refractivity contribution in [2.45, 2.75) is 13.3 Å². The molecule has 0 aliphatic heterocycles. The van der Waals surface area contributed by atoms with Crippen LogP contribution in [0.2, 0.25) is 0 Å². The van der Waals surface area contributed by atoms with E-state index in [0.29, 0.717) is 19.1 Å². The first kappa shape index (κ1) is 16.3. The smallest absolute Gasteiger partial charge is 0.213 e. The van der Waals surface area contributed by atoms with Gasteiger partial charge in [-0.25, -0.2) is 4.98 Å². The first-order chi connectivity index (χ1) is 10.7. The van der Waals surface area contributed by atoms with Crippen molar-refractivity contribution in [1.29, 1.82) is 0 Å². The lowest BCUT2D eigenvalue weighted by Crippen LogP contribution is -2.26. The standard InChI is InChI=1S/C18H24N2O2/c1-16-9-10-18(19-15-16)22-13-6-11-20(2)12-14-21-17-7-4-3-5-8-17/h3-5,7-10,15H,6,11-14H2,1-2H3. The van der Waals surface area contributed by atoms with Gasteiger partial charge in [-0.2, -0.15) is 0 Å². The van der Waals surface area contributed by atoms with Gasteiger partial charge < -0.3 is 14.4 Å². The number of aromatic nitrogens is 1. The topological polar surface area (TPSA) is 34.6 Å². The van der Waals surface area contributed by atoms with E-state index in [-0.39, 0.29) is 0 Å². The maximum Gasteiger partial charge on any atom is 0.213 e. The molecule has 0 fully saturated rings. The molecule has 0 saturated heterocycles. The van der Waals surface area contributed by atoms with Gasteiger partial charge in [0.2, 0.25) is 5.88 Å². The summed E-state index contributed by atoms with van der Waals surface area (Å²) in [6, 6.07) is 13.8. The molecule has 0 amide bonds. The Morgan fingerprint density at radius 3 is 2.50 bits per heavy atom. The Morgan fingerprint density at radius 2 is 1.77 bits per heavy atom. The summed E-state index contributed by atoms with van der Waals surface area (Å²) in [4.78, 5) is 6.47. The SMILES string of the molecule is Cc1ccc(OCCCN(C)CCOc2ccccc2)nc1. The molecule has 1 heterocycles. The first-order valence-corrected chi connectivity index (χ1v) is 7.66. The van der Waals surface area contributed by atoms with Crippen LogP contribution in [0.3, 0.4) is 0 Å². The molecular weight excluding hydrogens is 276 g/mol. The van der Waals surface area contributed by atoms with Gasteiger partial charge in [-0.15, -0.1) is 0 Å². The van der Waals surface area contributed by atoms with Gasteiger partial charge in [0.1, 0.15) is 12.4 Å². The highest BCUT2D eigenvalue weighted by Crippen LogP contribution is 2.08. The molecule has 0 radical (unpaired) electrons. The Kier molecular flexibility index (Phi) is 6.71. The third kappa shape index (κ3) is 6.14. The van der Waals surface area contributed by atoms with Gasteiger partial charge in [-0.3, -0.25) is 0 Å². The first-order valence-electron chi connectivity index (χ1n) is 7.66. The van der Waals surface area contributed by atoms with Crippen molar-refractivity contribution < 1.29 is 9.47 Å². The van der Waals surface area contributed by atoms with Crippen LogP contribution in [0, 0.1) is 6.92 Å². The number of rotatable bonds is 9. The normalized spacial score (nSPS) is 10.7. The Bertz CT molecular complexity index is 529. The van der Waals surface area contributed by atoms with Gasteiger partial charge in [0.25, 0.3) is 0 Å². The van der Waals surface area contributed by atoms with Gasteiger partial charge in [0.05, 0.1) is 6.61 Å². The molecule has 1 aromatic heterocycles. The highest BCUT2D eigenvalue weighted by Gasteiger charge is 2.00. The van der Waals surface area contributed by atoms with Gasteiger partial charge in [-0.1, -0.05) is 24.3 Å². The molecule has 1 aromatic carbocycles. The number of benzene rings is 1. The second-order valence-electron chi connectivity index (χ2n) is 5.34. The van der Waals surface area contributed by atoms with Crippen LogP contribution < -0.4 is 9.47 Å². The fourth-order valence-corrected chi connectivity index (χ4v) is 2.00. The lowest BCUT2D eigenvalue weighted by Gasteiger charge is -2.17. The fourth-order valence-electron chi connectivity index (χ4n) is 2.00. The van der Waals surface area contributed by atoms with E-state index in [4.69, 9.17) is 9.47 Å². The molecule has 0 spiro atoms. The van der Waals surface area contributed by atoms with E-state index in [1.165, 1.54) is 0 Å². The summed E-state index contributed by atoms with van der Waals surface area (Å²) in [6.07, 6.45) is 2.79. The highest BCUT2D eigenvalue weighted by atomic mass is 16.5. The largest absolute Gasteiger partial charge is 0.492 e. The molecule has 0 atom stereocenters. The number of pyridine rings is 1. The number of para-hydroxylation sites is 1. The lowest BCUT2D eigenvalue weighted by atomic mass is 10.3. The average molecular weight is 300 g/mol. The van der Waals surface area contributed by atoms with Crippen molar-refractivity contribution in [1.82, 2.24) is 9.88 Å². The molecule has 0 aliphatic carbocycles. The number of hydrogen-bond acceptors (Lipinski definition) is 4. The van der Waals surface area contributed by atoms with Crippen LogP contribution in [0.25, 0.3) is 0 Å². The summed E-state index contributed by atoms with van der Waals surface area (Å²) in [5.74, 6) is 1.62. The Labute approximate surface area is 132 Å². The van der Waals surface area contributed by atoms with Crippen LogP contribution in [0.1, 0.15) is 12.0 Å². The summed E-state index contributed by atoms with van der Waals surface area (Å²) in [5, 5.41) is 0. The molecule has 0 bridgehead atoms. The third-order valence-corrected chi connectivity index (χ3v) is 3.30. The quantitative estimate of drug-likeness (QED) is 0.666. The zero-order valence-corrected chi connectivity index (χ0v) is 13.4. The van der Waals surface area contributed by atoms with E-state index in [0.717, 1.165) is 30.8 Å². The molecule has 118 valence electrons. The number of nitrogens with zero attached hydrogens (tertiary/aromatic N) is 2. The minimum atomic E-state index is 0.680. The minimum absolute atomic E-state index is 0.680. The molecule has 0 saturated carbocycles. The van der Waals surface area contributed by atoms with Crippen LogP contribution in [0.5, 0.6) is 11.6 Å². The maximum atomic E-state index is 5.68. The Hall–Kier alpha value is -2.07. The summed E-state index contributed by atoms with van der Waals surface area (Å²) >= 11 is 0. The average Bonchev–Trinajstić information content (AvgIpc) is 2.54. The predicted octanol–water partition coefficient (Wildman–Crippen LogP) is 3.17. The number of likely N-dealkylation sites (N-methyl/N-ethyl adjacent to an activating group) is 1. The van der Waals surface area contributed by atoms with Crippen LogP contribution >= 0.6 is 0 Å². The van der Waals surface area contributed by atoms with Crippen molar-refractivity contribution in [3.8, 4) is 11.6 Å². The maximum absolute atomic E-state index is 5.68. The minimum Gasteiger partial charge on any atom is -0.492 e. The van der Waals surface area contributed by atoms with E-state index < -0.39 is 0 Å². The van der Waals surface area contributed by atoms with Crippen molar-refractivity contribution in [2.24, 2.45) is 0 Å². The summed E-state index contributed by atoms with van der Waals surface area (Å²) < 4.78 is 11.3. The molecule has 4 heteroatoms. The molecule has 0 N–H and O–H groups in total. The van der Waals surface area contributed by atoms with Crippen molar-refractivity contribution in [3.05, 3.63) is 54.2 Å². The van der Waals surface area contributed by atoms with Gasteiger partial charge in [-0.05, 0) is 38.1 Å². The van der Waals surface area contributed by atoms with Crippen LogP contribution in [-0.2, 0) is 0 Å². The van der Waals surface area contributed by atoms with Gasteiger partial charge >= 0.3 is 0 Å². The summed E-state index contributed by atoms with van der Waals surface area (Å²) in [5.41, 5.74) is 1.14. The van der Waals surface area contributed by atoms with Gasteiger partial charge in [0, 0.05) is 25.4 Å². The number of ether oxygens (including phenoxy) is 2. The Morgan fingerprint density at radius 1 is 0.955 bits per heavy atom. The molecule has 22 heavy (non-hydrogen) atoms. The number of aryl methyl sites for hydroxylation is 1. The van der Waals surface area contributed by atoms with Crippen LogP contribution in [0.15, 0.2) is 48.7 Å². The monoisotopic (exact) mass is 300 g/mol. The molecule has 2 rings (SSSR count). The highest BCUT2D eigenvalue weighted by molar-refractivity contribution is 5.20. The molecule has 0 unspecified atom stereocenters. The molecule has 0 aliphatic rings. The van der Waals surface area contributed by atoms with Crippen molar-refractivity contribution in [3.63, 3.8) is 0 Å². The molecule has 2 aromatic rings. The Balaban J connectivity index is 1.54. The fraction of sp³-hybridized carbons (Fsp3) is 0.389. The van der Waals surface area contributed by atoms with Crippen LogP contribution in [0.4, 0.5) is 0 Å².